The highest BCUT2D eigenvalue weighted by atomic mass is 16.3. The second-order valence-corrected chi connectivity index (χ2v) is 2.79. The number of rotatable bonds is 3. The van der Waals surface area contributed by atoms with E-state index in [9.17, 15) is 0 Å². The predicted molar refractivity (Wildman–Crippen MR) is 54.4 cm³/mol. The maximum atomic E-state index is 8.37. The molecule has 0 spiro atoms. The van der Waals surface area contributed by atoms with Crippen LogP contribution in [0.1, 0.15) is 13.3 Å². The van der Waals surface area contributed by atoms with Gasteiger partial charge in [-0.05, 0) is 6.42 Å². The van der Waals surface area contributed by atoms with Gasteiger partial charge in [0.25, 0.3) is 0 Å². The fraction of sp³-hybridized carbons (Fsp3) is 0.455. The van der Waals surface area contributed by atoms with Crippen LogP contribution in [0.5, 0.6) is 0 Å². The number of aliphatic hydroxyl groups is 2. The minimum Gasteiger partial charge on any atom is -0.396 e. The van der Waals surface area contributed by atoms with Gasteiger partial charge in [-0.3, -0.25) is 0 Å². The molecule has 0 aliphatic heterocycles. The van der Waals surface area contributed by atoms with Crippen molar-refractivity contribution in [3.05, 3.63) is 36.4 Å². The molecule has 0 atom stereocenters. The smallest absolute Gasteiger partial charge is 0.0481 e. The molecule has 2 heteroatoms. The van der Waals surface area contributed by atoms with Gasteiger partial charge in [-0.15, -0.1) is 0 Å². The fourth-order valence-electron chi connectivity index (χ4n) is 0.701. The van der Waals surface area contributed by atoms with Gasteiger partial charge >= 0.3 is 0 Å². The fourth-order valence-corrected chi connectivity index (χ4v) is 0.701. The maximum absolute atomic E-state index is 8.37. The summed E-state index contributed by atoms with van der Waals surface area (Å²) in [6.07, 6.45) is 0.854. The van der Waals surface area contributed by atoms with Crippen molar-refractivity contribution >= 4 is 0 Å². The monoisotopic (exact) mass is 182 g/mol. The van der Waals surface area contributed by atoms with Gasteiger partial charge in [0.2, 0.25) is 0 Å². The van der Waals surface area contributed by atoms with Crippen molar-refractivity contribution in [2.75, 3.05) is 13.2 Å². The average molecular weight is 182 g/mol. The van der Waals surface area contributed by atoms with Crippen molar-refractivity contribution in [3.63, 3.8) is 0 Å². The maximum Gasteiger partial charge on any atom is 0.0481 e. The molecular formula is C11H18O2. The van der Waals surface area contributed by atoms with E-state index in [4.69, 9.17) is 10.2 Å². The number of hydrogen-bond acceptors (Lipinski definition) is 2. The largest absolute Gasteiger partial charge is 0.396 e. The molecule has 0 aromatic heterocycles. The summed E-state index contributed by atoms with van der Waals surface area (Å²) in [5.41, 5.74) is 0. The van der Waals surface area contributed by atoms with Gasteiger partial charge in [0.05, 0.1) is 0 Å². The normalized spacial score (nSPS) is 9.23. The number of benzene rings is 1. The minimum atomic E-state index is 0.0972. The molecule has 74 valence electrons. The first-order valence-electron chi connectivity index (χ1n) is 4.56. The van der Waals surface area contributed by atoms with Gasteiger partial charge in [-0.2, -0.15) is 0 Å². The summed E-state index contributed by atoms with van der Waals surface area (Å²) in [5.74, 6) is 0.0972. The molecule has 0 saturated heterocycles. The van der Waals surface area contributed by atoms with Crippen molar-refractivity contribution < 1.29 is 10.2 Å². The lowest BCUT2D eigenvalue weighted by Gasteiger charge is -2.03. The van der Waals surface area contributed by atoms with Crippen molar-refractivity contribution in [2.45, 2.75) is 13.3 Å². The molecule has 1 aromatic carbocycles. The van der Waals surface area contributed by atoms with Gasteiger partial charge in [0.1, 0.15) is 0 Å². The Morgan fingerprint density at radius 2 is 1.15 bits per heavy atom. The van der Waals surface area contributed by atoms with E-state index >= 15 is 0 Å². The first kappa shape index (κ1) is 12.1. The Balaban J connectivity index is 0.000000223. The summed E-state index contributed by atoms with van der Waals surface area (Å²) in [5, 5.41) is 16.7. The van der Waals surface area contributed by atoms with Crippen LogP contribution < -0.4 is 0 Å². The molecule has 2 nitrogen and oxygen atoms in total. The zero-order chi connectivity index (χ0) is 9.94. The molecule has 1 rings (SSSR count). The van der Waals surface area contributed by atoms with E-state index in [2.05, 4.69) is 0 Å². The first-order valence-corrected chi connectivity index (χ1v) is 4.56. The van der Waals surface area contributed by atoms with Gasteiger partial charge in [0, 0.05) is 19.1 Å². The average Bonchev–Trinajstić information content (AvgIpc) is 2.24. The van der Waals surface area contributed by atoms with E-state index in [1.807, 2.05) is 43.3 Å². The molecule has 0 amide bonds. The van der Waals surface area contributed by atoms with Crippen LogP contribution in [-0.4, -0.2) is 23.4 Å². The van der Waals surface area contributed by atoms with Crippen LogP contribution in [0.3, 0.4) is 0 Å². The van der Waals surface area contributed by atoms with Crippen LogP contribution in [-0.2, 0) is 0 Å². The molecule has 0 heterocycles. The number of hydrogen-bond donors (Lipinski definition) is 2. The summed E-state index contributed by atoms with van der Waals surface area (Å²) < 4.78 is 0. The Labute approximate surface area is 79.9 Å². The Morgan fingerprint density at radius 3 is 1.23 bits per heavy atom. The van der Waals surface area contributed by atoms with E-state index in [0.717, 1.165) is 6.42 Å². The number of aliphatic hydroxyl groups excluding tert-OH is 2. The second-order valence-electron chi connectivity index (χ2n) is 2.79. The van der Waals surface area contributed by atoms with Gasteiger partial charge in [-0.1, -0.05) is 43.3 Å². The first-order chi connectivity index (χ1) is 6.35. The molecule has 0 saturated carbocycles. The highest BCUT2D eigenvalue weighted by molar-refractivity contribution is 4.99. The lowest BCUT2D eigenvalue weighted by Crippen LogP contribution is -2.08. The van der Waals surface area contributed by atoms with Crippen molar-refractivity contribution in [1.82, 2.24) is 0 Å². The lowest BCUT2D eigenvalue weighted by molar-refractivity contribution is 0.147. The molecular weight excluding hydrogens is 164 g/mol. The Hall–Kier alpha value is -0.860. The Morgan fingerprint density at radius 1 is 0.846 bits per heavy atom. The third-order valence-electron chi connectivity index (χ3n) is 1.76. The minimum absolute atomic E-state index is 0.0972. The van der Waals surface area contributed by atoms with E-state index < -0.39 is 0 Å². The van der Waals surface area contributed by atoms with Crippen LogP contribution >= 0.6 is 0 Å². The van der Waals surface area contributed by atoms with Gasteiger partial charge < -0.3 is 10.2 Å². The van der Waals surface area contributed by atoms with Crippen molar-refractivity contribution in [3.8, 4) is 0 Å². The summed E-state index contributed by atoms with van der Waals surface area (Å²) in [6.45, 7) is 2.15. The second kappa shape index (κ2) is 9.23. The SMILES string of the molecule is CCC(CO)CO.c1ccccc1. The van der Waals surface area contributed by atoms with Crippen molar-refractivity contribution in [2.24, 2.45) is 5.92 Å². The van der Waals surface area contributed by atoms with Crippen LogP contribution in [0.15, 0.2) is 36.4 Å². The topological polar surface area (TPSA) is 40.5 Å². The zero-order valence-corrected chi connectivity index (χ0v) is 8.06. The van der Waals surface area contributed by atoms with E-state index in [1.165, 1.54) is 0 Å². The quantitative estimate of drug-likeness (QED) is 0.746. The molecule has 0 fully saturated rings. The summed E-state index contributed by atoms with van der Waals surface area (Å²) in [7, 11) is 0. The Bertz CT molecular complexity index is 138. The molecule has 13 heavy (non-hydrogen) atoms. The highest BCUT2D eigenvalue weighted by Gasteiger charge is 1.98. The van der Waals surface area contributed by atoms with Gasteiger partial charge in [0.15, 0.2) is 0 Å². The predicted octanol–water partition coefficient (Wildman–Crippen LogP) is 1.68. The summed E-state index contributed by atoms with van der Waals surface area (Å²) >= 11 is 0. The lowest BCUT2D eigenvalue weighted by atomic mass is 10.1. The van der Waals surface area contributed by atoms with Crippen LogP contribution in [0, 0.1) is 5.92 Å². The van der Waals surface area contributed by atoms with Gasteiger partial charge in [-0.25, -0.2) is 0 Å². The van der Waals surface area contributed by atoms with Crippen molar-refractivity contribution in [1.29, 1.82) is 0 Å². The molecule has 0 aliphatic carbocycles. The standard InChI is InChI=1S/C6H6.C5H12O2/c1-2-4-6-5-3-1;1-2-5(3-6)4-7/h1-6H;5-7H,2-4H2,1H3. The Kier molecular flexibility index (Phi) is 8.62. The molecule has 0 aliphatic rings. The molecule has 2 N–H and O–H groups in total. The molecule has 1 aromatic rings. The third kappa shape index (κ3) is 7.50. The molecule has 0 unspecified atom stereocenters. The van der Waals surface area contributed by atoms with E-state index in [-0.39, 0.29) is 19.1 Å². The van der Waals surface area contributed by atoms with E-state index in [0.29, 0.717) is 0 Å². The zero-order valence-electron chi connectivity index (χ0n) is 8.06. The summed E-state index contributed by atoms with van der Waals surface area (Å²) in [4.78, 5) is 0. The van der Waals surface area contributed by atoms with Crippen LogP contribution in [0.2, 0.25) is 0 Å². The molecule has 0 radical (unpaired) electrons. The highest BCUT2D eigenvalue weighted by Crippen LogP contribution is 1.96. The van der Waals surface area contributed by atoms with E-state index in [1.54, 1.807) is 0 Å². The third-order valence-corrected chi connectivity index (χ3v) is 1.76. The van der Waals surface area contributed by atoms with Crippen LogP contribution in [0.4, 0.5) is 0 Å². The summed E-state index contributed by atoms with van der Waals surface area (Å²) in [6, 6.07) is 12.0. The van der Waals surface area contributed by atoms with Crippen LogP contribution in [0.25, 0.3) is 0 Å². The molecule has 0 bridgehead atoms.